The number of allylic oxidation sites excluding steroid dienone is 1. The monoisotopic (exact) mass is 1230 g/mol. The summed E-state index contributed by atoms with van der Waals surface area (Å²) in [5, 5.41) is 20.4. The van der Waals surface area contributed by atoms with Gasteiger partial charge in [-0.3, -0.25) is 30.0 Å². The maximum Gasteiger partial charge on any atom is 1.00 e. The molecule has 8 heterocycles. The molecule has 0 saturated carbocycles. The molecule has 9 aromatic rings. The first-order valence-corrected chi connectivity index (χ1v) is 28.9. The van der Waals surface area contributed by atoms with Crippen LogP contribution in [0.25, 0.3) is 85.0 Å². The molecule has 1 aromatic carbocycles. The Kier molecular flexibility index (Phi) is 23.3. The van der Waals surface area contributed by atoms with Gasteiger partial charge in [0.1, 0.15) is 17.2 Å². The molecule has 0 amide bonds. The van der Waals surface area contributed by atoms with Gasteiger partial charge in [0, 0.05) is 71.4 Å². The SMILES string of the molecule is CCCCCCc1ccsc1-c1ccnc(/C([NH-])=C/C(=N)C(F)(F)F)c1.CCCCCc1c2ccsc2c(CCCC)c2cc(-c3ccc(-c4ccnc(-c5cc(OC=O)cc(-c6cc(OC=O)ccn6)n5)c4)s3)sc12.[C-]#N.[Ru+]. The van der Waals surface area contributed by atoms with Gasteiger partial charge >= 0.3 is 25.7 Å². The van der Waals surface area contributed by atoms with E-state index in [-0.39, 0.29) is 25.2 Å². The number of nitrogens with one attached hydrogen (secondary N) is 2. The molecule has 0 saturated heterocycles. The van der Waals surface area contributed by atoms with Gasteiger partial charge in [-0.15, -0.1) is 51.0 Å². The number of aryl methyl sites for hydroxylation is 3. The number of pyridine rings is 4. The number of alkyl halides is 3. The molecule has 11 nitrogen and oxygen atoms in total. The third kappa shape index (κ3) is 15.7. The summed E-state index contributed by atoms with van der Waals surface area (Å²) in [6, 6.07) is 25.1. The van der Waals surface area contributed by atoms with Crippen LogP contribution in [0.15, 0.2) is 114 Å². The molecule has 409 valence electrons. The minimum Gasteiger partial charge on any atom is -0.697 e. The second-order valence-electron chi connectivity index (χ2n) is 18.0. The van der Waals surface area contributed by atoms with E-state index in [4.69, 9.17) is 37.4 Å². The average molecular weight is 1230 g/mol. The number of benzene rings is 1. The number of unbranched alkanes of at least 4 members (excludes halogenated alkanes) is 6. The fourth-order valence-corrected chi connectivity index (χ4v) is 13.2. The van der Waals surface area contributed by atoms with Crippen LogP contribution in [-0.2, 0) is 48.3 Å². The van der Waals surface area contributed by atoms with Gasteiger partial charge in [-0.05, 0) is 155 Å². The molecule has 2 N–H and O–H groups in total. The number of halogens is 3. The predicted octanol–water partition coefficient (Wildman–Crippen LogP) is 18.2. The fraction of sp³-hybridized carbons (Fsp3) is 0.267. The summed E-state index contributed by atoms with van der Waals surface area (Å²) in [7, 11) is 0. The van der Waals surface area contributed by atoms with E-state index in [9.17, 15) is 22.8 Å². The summed E-state index contributed by atoms with van der Waals surface area (Å²) in [5.41, 5.74) is 14.1. The van der Waals surface area contributed by atoms with E-state index in [0.29, 0.717) is 53.3 Å². The van der Waals surface area contributed by atoms with Crippen molar-refractivity contribution in [3.63, 3.8) is 0 Å². The maximum absolute atomic E-state index is 12.5. The largest absolute Gasteiger partial charge is 1.00 e. The van der Waals surface area contributed by atoms with Crippen molar-refractivity contribution >= 4 is 89.9 Å². The first kappa shape index (κ1) is 61.4. The summed E-state index contributed by atoms with van der Waals surface area (Å²) in [4.78, 5) is 44.7. The zero-order valence-electron chi connectivity index (χ0n) is 43.6. The minimum absolute atomic E-state index is 0. The number of ether oxygens (including phenoxy) is 2. The van der Waals surface area contributed by atoms with Crippen LogP contribution in [0.5, 0.6) is 11.5 Å². The number of hydrogen-bond acceptors (Lipinski definition) is 14. The molecule has 0 fully saturated rings. The zero-order chi connectivity index (χ0) is 55.6. The first-order chi connectivity index (χ1) is 37.9. The van der Waals surface area contributed by atoms with Crippen molar-refractivity contribution in [1.29, 1.82) is 10.7 Å². The molecular weight excluding hydrogens is 1170 g/mol. The van der Waals surface area contributed by atoms with E-state index in [1.807, 2.05) is 40.2 Å². The number of hydrogen-bond donors (Lipinski definition) is 1. The molecule has 0 aliphatic heterocycles. The van der Waals surface area contributed by atoms with E-state index < -0.39 is 17.6 Å². The number of carbonyl (C=O) groups is 2. The molecule has 0 spiro atoms. The Labute approximate surface area is 486 Å². The van der Waals surface area contributed by atoms with Crippen molar-refractivity contribution in [3.05, 3.63) is 149 Å². The molecular formula is C60H56F3N7O4RuS4-. The van der Waals surface area contributed by atoms with Gasteiger partial charge in [0.05, 0.1) is 22.8 Å². The summed E-state index contributed by atoms with van der Waals surface area (Å²) in [6.07, 6.45) is 14.4. The number of rotatable bonds is 23. The third-order valence-electron chi connectivity index (χ3n) is 12.7. The maximum atomic E-state index is 12.5. The number of nitrogens with zero attached hydrogens (tertiary/aromatic N) is 5. The van der Waals surface area contributed by atoms with Gasteiger partial charge < -0.3 is 27.0 Å². The van der Waals surface area contributed by atoms with Gasteiger partial charge in [-0.2, -0.15) is 13.2 Å². The van der Waals surface area contributed by atoms with Crippen molar-refractivity contribution in [1.82, 2.24) is 19.9 Å². The van der Waals surface area contributed by atoms with Crippen LogP contribution >= 0.6 is 45.3 Å². The van der Waals surface area contributed by atoms with Crippen LogP contribution in [0.3, 0.4) is 0 Å². The topological polar surface area (TPSA) is 176 Å². The van der Waals surface area contributed by atoms with Crippen molar-refractivity contribution in [2.24, 2.45) is 0 Å². The summed E-state index contributed by atoms with van der Waals surface area (Å²) in [5.74, 6) is 0.623. The molecule has 0 unspecified atom stereocenters. The van der Waals surface area contributed by atoms with E-state index >= 15 is 0 Å². The predicted molar refractivity (Wildman–Crippen MR) is 312 cm³/mol. The summed E-state index contributed by atoms with van der Waals surface area (Å²) in [6.45, 7) is 12.2. The van der Waals surface area contributed by atoms with E-state index in [1.165, 1.54) is 110 Å². The van der Waals surface area contributed by atoms with Gasteiger partial charge in [0.15, 0.2) is 0 Å². The number of aromatic nitrogens is 4. The Bertz CT molecular complexity index is 3550. The Hall–Kier alpha value is -6.81. The van der Waals surface area contributed by atoms with Gasteiger partial charge in [-0.1, -0.05) is 59.3 Å². The smallest absolute Gasteiger partial charge is 0.697 e. The quantitative estimate of drug-likeness (QED) is 0.0215. The Morgan fingerprint density at radius 3 is 1.96 bits per heavy atom. The van der Waals surface area contributed by atoms with Crippen LogP contribution in [0, 0.1) is 17.2 Å². The molecule has 0 atom stereocenters. The van der Waals surface area contributed by atoms with Gasteiger partial charge in [0.2, 0.25) is 0 Å². The van der Waals surface area contributed by atoms with Crippen LogP contribution in [0.2, 0.25) is 0 Å². The van der Waals surface area contributed by atoms with Crippen molar-refractivity contribution in [2.75, 3.05) is 0 Å². The molecule has 0 aliphatic carbocycles. The number of fused-ring (bicyclic) bond motifs is 2. The van der Waals surface area contributed by atoms with Crippen molar-refractivity contribution in [3.8, 4) is 64.9 Å². The molecule has 8 aromatic heterocycles. The van der Waals surface area contributed by atoms with E-state index in [2.05, 4.69) is 71.4 Å². The van der Waals surface area contributed by atoms with Crippen LogP contribution < -0.4 is 9.47 Å². The second kappa shape index (κ2) is 30.0. The second-order valence-corrected chi connectivity index (χ2v) is 22.0. The molecule has 0 bridgehead atoms. The molecule has 19 heteroatoms. The van der Waals surface area contributed by atoms with E-state index in [1.54, 1.807) is 65.3 Å². The van der Waals surface area contributed by atoms with Gasteiger partial charge in [0.25, 0.3) is 12.9 Å². The van der Waals surface area contributed by atoms with Crippen LogP contribution in [0.4, 0.5) is 13.2 Å². The molecule has 79 heavy (non-hydrogen) atoms. The average Bonchev–Trinajstić information content (AvgIpc) is 4.48. The Morgan fingerprint density at radius 1 is 0.633 bits per heavy atom. The molecule has 9 rings (SSSR count). The number of thiophene rings is 4. The van der Waals surface area contributed by atoms with Crippen molar-refractivity contribution in [2.45, 2.75) is 104 Å². The van der Waals surface area contributed by atoms with Gasteiger partial charge in [-0.25, -0.2) is 4.98 Å². The minimum atomic E-state index is -4.76. The van der Waals surface area contributed by atoms with Crippen molar-refractivity contribution < 1.29 is 51.7 Å². The summed E-state index contributed by atoms with van der Waals surface area (Å²) < 4.78 is 50.6. The molecule has 1 radical (unpaired) electrons. The van der Waals surface area contributed by atoms with Crippen LogP contribution in [0.1, 0.15) is 101 Å². The van der Waals surface area contributed by atoms with E-state index in [0.717, 1.165) is 46.6 Å². The number of carbonyl (C=O) groups excluding carboxylic acids is 2. The first-order valence-electron chi connectivity index (χ1n) is 25.5. The third-order valence-corrected chi connectivity index (χ3v) is 17.2. The fourth-order valence-electron chi connectivity index (χ4n) is 8.86. The Morgan fingerprint density at radius 2 is 1.24 bits per heavy atom. The summed E-state index contributed by atoms with van der Waals surface area (Å²) >= 11 is 7.18. The Balaban J connectivity index is 0.000000294. The normalized spacial score (nSPS) is 11.3. The zero-order valence-corrected chi connectivity index (χ0v) is 48.6. The van der Waals surface area contributed by atoms with Crippen LogP contribution in [-0.4, -0.2) is 44.8 Å². The standard InChI is InChI=1S/C40H35N3O4S3.C19H21F3N3S.CN.Ru/c1-3-5-7-9-28-30-14-17-48-39(30)29(8-6-4-2)31-22-38(50-40(28)31)37-11-10-36(49-37)25-12-15-41-32(18-25)34-20-27(47-24-45)21-35(43-34)33-19-26(46-23-44)13-16-42-33;1-2-3-4-5-6-13-8-10-26-18(13)14-7-9-25-16(11-14)15(23)12-17(24)19(20,21)22;1-2;/h10-24H,3-9H2,1-2H3;7-12,23-24H,2-6H2,1H3;;/q;2*-1;+1/b;15-12-,24-17?;;. The molecule has 0 aliphatic rings.